The summed E-state index contributed by atoms with van der Waals surface area (Å²) in [7, 11) is 0. The third-order valence-electron chi connectivity index (χ3n) is 6.31. The Hall–Kier alpha value is -2.84. The van der Waals surface area contributed by atoms with E-state index in [0.29, 0.717) is 0 Å². The molecule has 1 saturated carbocycles. The molecular weight excluding hydrogens is 395 g/mol. The van der Waals surface area contributed by atoms with Crippen LogP contribution in [0.2, 0.25) is 0 Å². The van der Waals surface area contributed by atoms with Crippen LogP contribution in [0.15, 0.2) is 49.1 Å². The molecule has 2 fully saturated rings. The summed E-state index contributed by atoms with van der Waals surface area (Å²) in [4.78, 5) is 13.8. The van der Waals surface area contributed by atoms with Crippen molar-refractivity contribution in [2.45, 2.75) is 38.0 Å². The fourth-order valence-corrected chi connectivity index (χ4v) is 4.62. The first kappa shape index (κ1) is 20.1. The van der Waals surface area contributed by atoms with Crippen molar-refractivity contribution < 1.29 is 9.50 Å². The van der Waals surface area contributed by atoms with Crippen molar-refractivity contribution in [1.82, 2.24) is 24.6 Å². The Morgan fingerprint density at radius 3 is 2.52 bits per heavy atom. The monoisotopic (exact) mass is 422 g/mol. The first-order valence-electron chi connectivity index (χ1n) is 10.9. The fraction of sp³-hybridized carbons (Fsp3) is 0.435. The standard InChI is InChI=1S/C23H27FN6O/c24-19-6-4-18(5-7-19)22-23(26-9-8-25-22)29-12-10-28(11-13-29)15-17-14-27-30(16-17)20-2-1-3-21(20)31/h4-9,14,16,20-21,31H,1-3,10-13,15H2/t20-,21?/m1/s1. The van der Waals surface area contributed by atoms with Crippen LogP contribution in [0.4, 0.5) is 10.2 Å². The Balaban J connectivity index is 1.23. The lowest BCUT2D eigenvalue weighted by molar-refractivity contribution is 0.130. The first-order valence-corrected chi connectivity index (χ1v) is 10.9. The number of nitrogens with zero attached hydrogens (tertiary/aromatic N) is 6. The quantitative estimate of drug-likeness (QED) is 0.682. The second-order valence-electron chi connectivity index (χ2n) is 8.39. The van der Waals surface area contributed by atoms with Crippen molar-refractivity contribution in [3.05, 3.63) is 60.4 Å². The van der Waals surface area contributed by atoms with Gasteiger partial charge in [0.2, 0.25) is 0 Å². The van der Waals surface area contributed by atoms with Gasteiger partial charge in [0.25, 0.3) is 0 Å². The topological polar surface area (TPSA) is 70.3 Å². The maximum atomic E-state index is 13.3. The number of hydrogen-bond acceptors (Lipinski definition) is 6. The van der Waals surface area contributed by atoms with Crippen LogP contribution in [0.3, 0.4) is 0 Å². The molecule has 0 bridgehead atoms. The number of aromatic nitrogens is 4. The number of rotatable bonds is 5. The Morgan fingerprint density at radius 2 is 1.77 bits per heavy atom. The average Bonchev–Trinajstić information content (AvgIpc) is 3.43. The molecule has 1 saturated heterocycles. The van der Waals surface area contributed by atoms with Gasteiger partial charge in [-0.05, 0) is 43.5 Å². The van der Waals surface area contributed by atoms with Gasteiger partial charge in [-0.2, -0.15) is 5.10 Å². The second kappa shape index (κ2) is 8.72. The van der Waals surface area contributed by atoms with E-state index in [2.05, 4.69) is 31.1 Å². The zero-order valence-electron chi connectivity index (χ0n) is 17.4. The summed E-state index contributed by atoms with van der Waals surface area (Å²) in [6.07, 6.45) is 10.0. The lowest BCUT2D eigenvalue weighted by atomic mass is 10.1. The minimum Gasteiger partial charge on any atom is -0.391 e. The minimum atomic E-state index is -0.279. The zero-order valence-corrected chi connectivity index (χ0v) is 17.4. The van der Waals surface area contributed by atoms with Gasteiger partial charge in [-0.1, -0.05) is 0 Å². The SMILES string of the molecule is OC1CCC[C@H]1n1cc(CN2CCN(c3nccnc3-c3ccc(F)cc3)CC2)cn1. The summed E-state index contributed by atoms with van der Waals surface area (Å²) < 4.78 is 15.3. The van der Waals surface area contributed by atoms with Gasteiger partial charge < -0.3 is 10.0 Å². The first-order chi connectivity index (χ1) is 15.2. The predicted molar refractivity (Wildman–Crippen MR) is 116 cm³/mol. The number of aliphatic hydroxyl groups is 1. The highest BCUT2D eigenvalue weighted by Crippen LogP contribution is 2.30. The molecule has 0 radical (unpaired) electrons. The van der Waals surface area contributed by atoms with Crippen LogP contribution in [0, 0.1) is 5.82 Å². The maximum Gasteiger partial charge on any atom is 0.155 e. The van der Waals surface area contributed by atoms with Gasteiger partial charge in [-0.3, -0.25) is 14.6 Å². The van der Waals surface area contributed by atoms with Gasteiger partial charge in [0.1, 0.15) is 11.5 Å². The number of halogens is 1. The molecule has 0 spiro atoms. The van der Waals surface area contributed by atoms with E-state index >= 15 is 0 Å². The van der Waals surface area contributed by atoms with Crippen LogP contribution >= 0.6 is 0 Å². The number of aliphatic hydroxyl groups excluding tert-OH is 1. The molecule has 0 amide bonds. The average molecular weight is 423 g/mol. The zero-order chi connectivity index (χ0) is 21.2. The van der Waals surface area contributed by atoms with E-state index in [1.165, 1.54) is 17.7 Å². The van der Waals surface area contributed by atoms with Gasteiger partial charge in [0, 0.05) is 62.4 Å². The lowest BCUT2D eigenvalue weighted by Crippen LogP contribution is -2.46. The van der Waals surface area contributed by atoms with E-state index in [-0.39, 0.29) is 18.0 Å². The van der Waals surface area contributed by atoms with Crippen molar-refractivity contribution in [1.29, 1.82) is 0 Å². The maximum absolute atomic E-state index is 13.3. The van der Waals surface area contributed by atoms with Gasteiger partial charge in [0.05, 0.1) is 18.3 Å². The van der Waals surface area contributed by atoms with Crippen LogP contribution in [0.5, 0.6) is 0 Å². The Bertz CT molecular complexity index is 1010. The van der Waals surface area contributed by atoms with Crippen LogP contribution in [-0.4, -0.2) is 62.0 Å². The van der Waals surface area contributed by atoms with E-state index in [1.807, 2.05) is 10.9 Å². The van der Waals surface area contributed by atoms with Crippen molar-refractivity contribution in [3.8, 4) is 11.3 Å². The number of hydrogen-bond donors (Lipinski definition) is 1. The van der Waals surface area contributed by atoms with Gasteiger partial charge >= 0.3 is 0 Å². The molecule has 1 aromatic carbocycles. The highest BCUT2D eigenvalue weighted by Gasteiger charge is 2.28. The van der Waals surface area contributed by atoms with E-state index < -0.39 is 0 Å². The highest BCUT2D eigenvalue weighted by atomic mass is 19.1. The molecule has 31 heavy (non-hydrogen) atoms. The molecule has 1 aliphatic heterocycles. The summed E-state index contributed by atoms with van der Waals surface area (Å²) in [5.41, 5.74) is 2.83. The number of piperazine rings is 1. The second-order valence-corrected chi connectivity index (χ2v) is 8.39. The molecule has 2 atom stereocenters. The van der Waals surface area contributed by atoms with Crippen LogP contribution in [-0.2, 0) is 6.54 Å². The molecule has 3 heterocycles. The third-order valence-corrected chi connectivity index (χ3v) is 6.31. The molecule has 5 rings (SSSR count). The van der Waals surface area contributed by atoms with Crippen molar-refractivity contribution in [2.75, 3.05) is 31.1 Å². The third kappa shape index (κ3) is 4.31. The normalized spacial score (nSPS) is 22.2. The molecule has 2 aliphatic rings. The molecule has 162 valence electrons. The van der Waals surface area contributed by atoms with E-state index in [4.69, 9.17) is 0 Å². The molecular formula is C23H27FN6O. The fourth-order valence-electron chi connectivity index (χ4n) is 4.62. The summed E-state index contributed by atoms with van der Waals surface area (Å²) in [5, 5.41) is 14.6. The van der Waals surface area contributed by atoms with Crippen molar-refractivity contribution >= 4 is 5.82 Å². The largest absolute Gasteiger partial charge is 0.391 e. The van der Waals surface area contributed by atoms with Crippen LogP contribution in [0.25, 0.3) is 11.3 Å². The molecule has 1 unspecified atom stereocenters. The van der Waals surface area contributed by atoms with Gasteiger partial charge in [0.15, 0.2) is 5.82 Å². The smallest absolute Gasteiger partial charge is 0.155 e. The van der Waals surface area contributed by atoms with E-state index in [1.54, 1.807) is 24.5 Å². The van der Waals surface area contributed by atoms with Crippen molar-refractivity contribution in [3.63, 3.8) is 0 Å². The Morgan fingerprint density at radius 1 is 1.00 bits per heavy atom. The molecule has 7 nitrogen and oxygen atoms in total. The summed E-state index contributed by atoms with van der Waals surface area (Å²) in [5.74, 6) is 0.588. The predicted octanol–water partition coefficient (Wildman–Crippen LogP) is 2.89. The summed E-state index contributed by atoms with van der Waals surface area (Å²) in [6.45, 7) is 4.38. The Kier molecular flexibility index (Phi) is 5.65. The molecule has 8 heteroatoms. The highest BCUT2D eigenvalue weighted by molar-refractivity contribution is 5.72. The van der Waals surface area contributed by atoms with Gasteiger partial charge in [-0.15, -0.1) is 0 Å². The molecule has 1 aliphatic carbocycles. The molecule has 2 aromatic heterocycles. The van der Waals surface area contributed by atoms with Crippen molar-refractivity contribution in [2.24, 2.45) is 0 Å². The summed E-state index contributed by atoms with van der Waals surface area (Å²) >= 11 is 0. The minimum absolute atomic E-state index is 0.118. The number of benzene rings is 1. The van der Waals surface area contributed by atoms with Crippen LogP contribution < -0.4 is 4.90 Å². The number of anilines is 1. The van der Waals surface area contributed by atoms with E-state index in [0.717, 1.165) is 69.1 Å². The van der Waals surface area contributed by atoms with Crippen LogP contribution in [0.1, 0.15) is 30.9 Å². The van der Waals surface area contributed by atoms with Gasteiger partial charge in [-0.25, -0.2) is 9.37 Å². The molecule has 3 aromatic rings. The molecule has 1 N–H and O–H groups in total. The summed E-state index contributed by atoms with van der Waals surface area (Å²) in [6, 6.07) is 6.52. The van der Waals surface area contributed by atoms with E-state index in [9.17, 15) is 9.50 Å². The Labute approximate surface area is 181 Å². The lowest BCUT2D eigenvalue weighted by Gasteiger charge is -2.35.